The molecule has 11 heteroatoms. The maximum atomic E-state index is 12.7. The Balaban J connectivity index is 1.52. The molecule has 11 nitrogen and oxygen atoms in total. The van der Waals surface area contributed by atoms with E-state index in [0.29, 0.717) is 31.3 Å². The zero-order chi connectivity index (χ0) is 31.9. The zero-order valence-electron chi connectivity index (χ0n) is 26.9. The van der Waals surface area contributed by atoms with Gasteiger partial charge in [0, 0.05) is 12.1 Å². The summed E-state index contributed by atoms with van der Waals surface area (Å²) in [5, 5.41) is 8.97. The van der Waals surface area contributed by atoms with Gasteiger partial charge in [-0.15, -0.1) is 4.99 Å². The smallest absolute Gasteiger partial charge is 0.437 e. The number of benzene rings is 2. The summed E-state index contributed by atoms with van der Waals surface area (Å²) >= 11 is 0. The van der Waals surface area contributed by atoms with E-state index < -0.39 is 29.4 Å². The molecule has 1 N–H and O–H groups in total. The Morgan fingerprint density at radius 1 is 1.00 bits per heavy atom. The van der Waals surface area contributed by atoms with Crippen LogP contribution in [0.4, 0.5) is 9.59 Å². The fraction of sp³-hybridized carbons (Fsp3) is 0.545. The predicted octanol–water partition coefficient (Wildman–Crippen LogP) is 7.80. The lowest BCUT2D eigenvalue weighted by molar-refractivity contribution is 0.0553. The Bertz CT molecular complexity index is 1470. The molecule has 1 aliphatic rings. The average Bonchev–Trinajstić information content (AvgIpc) is 3.60. The Hall–Kier alpha value is -4.15. The normalized spacial score (nSPS) is 15.8. The highest BCUT2D eigenvalue weighted by molar-refractivity contribution is 5.99. The second-order valence-electron chi connectivity index (χ2n) is 13.0. The van der Waals surface area contributed by atoms with Gasteiger partial charge in [-0.2, -0.15) is 4.98 Å². The number of ether oxygens (including phenoxy) is 3. The zero-order valence-corrected chi connectivity index (χ0v) is 26.9. The van der Waals surface area contributed by atoms with Crippen molar-refractivity contribution in [1.82, 2.24) is 20.4 Å². The molecule has 0 radical (unpaired) electrons. The van der Waals surface area contributed by atoms with E-state index >= 15 is 0 Å². The van der Waals surface area contributed by atoms with Crippen LogP contribution >= 0.6 is 0 Å². The molecular weight excluding hydrogens is 562 g/mol. The number of hydrogen-bond donors (Lipinski definition) is 1. The number of guanidine groups is 1. The van der Waals surface area contributed by atoms with Crippen molar-refractivity contribution in [2.75, 3.05) is 13.2 Å². The van der Waals surface area contributed by atoms with Gasteiger partial charge < -0.3 is 23.6 Å². The minimum absolute atomic E-state index is 0.00448. The van der Waals surface area contributed by atoms with Gasteiger partial charge in [0.2, 0.25) is 17.7 Å². The number of fused-ring (bicyclic) bond motifs is 1. The molecule has 1 atom stereocenters. The first-order valence-corrected chi connectivity index (χ1v) is 15.4. The minimum atomic E-state index is -0.832. The molecule has 1 aromatic heterocycles. The summed E-state index contributed by atoms with van der Waals surface area (Å²) in [6.07, 6.45) is 4.50. The fourth-order valence-corrected chi connectivity index (χ4v) is 4.87. The Kier molecular flexibility index (Phi) is 10.5. The lowest BCUT2D eigenvalue weighted by Gasteiger charge is -2.27. The van der Waals surface area contributed by atoms with Gasteiger partial charge >= 0.3 is 12.2 Å². The molecule has 1 aliphatic heterocycles. The van der Waals surface area contributed by atoms with Crippen LogP contribution in [0.1, 0.15) is 98.9 Å². The first-order valence-electron chi connectivity index (χ1n) is 15.4. The summed E-state index contributed by atoms with van der Waals surface area (Å²) < 4.78 is 22.5. The summed E-state index contributed by atoms with van der Waals surface area (Å²) in [7, 11) is 0. The number of likely N-dealkylation sites (tertiary alicyclic amines) is 1. The Morgan fingerprint density at radius 3 is 2.45 bits per heavy atom. The van der Waals surface area contributed by atoms with Gasteiger partial charge in [-0.05, 0) is 89.8 Å². The number of hydrogen-bond acceptors (Lipinski definition) is 8. The molecule has 2 amide bonds. The number of aliphatic imine (C=N–C) groups is 1. The second kappa shape index (κ2) is 14.1. The molecule has 4 rings (SSSR count). The largest absolute Gasteiger partial charge is 0.494 e. The number of carbonyl (C=O) groups excluding carboxylic acids is 2. The van der Waals surface area contributed by atoms with Crippen LogP contribution in [0.25, 0.3) is 22.2 Å². The van der Waals surface area contributed by atoms with Crippen LogP contribution in [-0.4, -0.2) is 57.5 Å². The maximum absolute atomic E-state index is 12.7. The highest BCUT2D eigenvalue weighted by Crippen LogP contribution is 2.33. The molecule has 3 aromatic rings. The van der Waals surface area contributed by atoms with Crippen molar-refractivity contribution in [1.29, 1.82) is 0 Å². The number of carbonyl (C=O) groups is 2. The standard InChI is InChI=1S/C33H45N5O6/c1-8-9-10-11-19-41-25-17-16-22-20-24(15-14-23(22)21-25)27-34-28(44-37-27)26-13-12-18-38(26)29(35-30(39)42-32(2,3)4)36-31(40)43-33(5,6)7/h14-17,20-21,26H,8-13,18-19H2,1-7H3,(H,35,36,39,40)/t26-/m0/s1. The van der Waals surface area contributed by atoms with Gasteiger partial charge in [-0.25, -0.2) is 9.59 Å². The van der Waals surface area contributed by atoms with Crippen LogP contribution in [0.3, 0.4) is 0 Å². The Morgan fingerprint density at radius 2 is 1.73 bits per heavy atom. The van der Waals surface area contributed by atoms with Crippen LogP contribution < -0.4 is 10.1 Å². The summed E-state index contributed by atoms with van der Waals surface area (Å²) in [5.41, 5.74) is -0.693. The van der Waals surface area contributed by atoms with E-state index in [9.17, 15) is 9.59 Å². The molecule has 2 aromatic carbocycles. The van der Waals surface area contributed by atoms with Crippen LogP contribution in [0.5, 0.6) is 5.75 Å². The number of aromatic nitrogens is 2. The van der Waals surface area contributed by atoms with E-state index in [1.165, 1.54) is 19.3 Å². The first-order chi connectivity index (χ1) is 20.8. The van der Waals surface area contributed by atoms with Crippen LogP contribution in [0, 0.1) is 0 Å². The Labute approximate surface area is 259 Å². The third-order valence-electron chi connectivity index (χ3n) is 6.79. The number of rotatable bonds is 8. The van der Waals surface area contributed by atoms with Crippen LogP contribution in [0.2, 0.25) is 0 Å². The van der Waals surface area contributed by atoms with Gasteiger partial charge in [-0.1, -0.05) is 49.5 Å². The minimum Gasteiger partial charge on any atom is -0.494 e. The summed E-state index contributed by atoms with van der Waals surface area (Å²) in [5.74, 6) is 1.65. The highest BCUT2D eigenvalue weighted by atomic mass is 16.6. The van der Waals surface area contributed by atoms with E-state index in [-0.39, 0.29) is 5.96 Å². The summed E-state index contributed by atoms with van der Waals surface area (Å²) in [4.78, 5) is 35.9. The van der Waals surface area contributed by atoms with E-state index in [1.807, 2.05) is 36.4 Å². The van der Waals surface area contributed by atoms with Crippen LogP contribution in [0.15, 0.2) is 45.9 Å². The van der Waals surface area contributed by atoms with Crippen molar-refractivity contribution < 1.29 is 28.3 Å². The quantitative estimate of drug-likeness (QED) is 0.155. The molecule has 0 aliphatic carbocycles. The topological polar surface area (TPSA) is 128 Å². The van der Waals surface area contributed by atoms with E-state index in [1.54, 1.807) is 46.4 Å². The van der Waals surface area contributed by atoms with E-state index in [2.05, 4.69) is 22.4 Å². The third kappa shape index (κ3) is 9.42. The van der Waals surface area contributed by atoms with Gasteiger partial charge in [0.25, 0.3) is 0 Å². The van der Waals surface area contributed by atoms with Crippen molar-refractivity contribution in [2.24, 2.45) is 4.99 Å². The monoisotopic (exact) mass is 607 g/mol. The molecule has 238 valence electrons. The van der Waals surface area contributed by atoms with Crippen molar-refractivity contribution in [2.45, 2.75) is 104 Å². The summed E-state index contributed by atoms with van der Waals surface area (Å²) in [6.45, 7) is 13.9. The number of unbranched alkanes of at least 4 members (excludes halogenated alkanes) is 3. The summed E-state index contributed by atoms with van der Waals surface area (Å²) in [6, 6.07) is 11.6. The van der Waals surface area contributed by atoms with Crippen LogP contribution in [-0.2, 0) is 9.47 Å². The molecule has 0 bridgehead atoms. The molecule has 44 heavy (non-hydrogen) atoms. The molecule has 2 heterocycles. The molecule has 0 saturated carbocycles. The molecule has 0 spiro atoms. The van der Waals surface area contributed by atoms with Crippen molar-refractivity contribution >= 4 is 28.9 Å². The number of nitrogens with one attached hydrogen (secondary N) is 1. The second-order valence-corrected chi connectivity index (χ2v) is 13.0. The van der Waals surface area contributed by atoms with Gasteiger partial charge in [-0.3, -0.25) is 5.32 Å². The fourth-order valence-electron chi connectivity index (χ4n) is 4.87. The number of alkyl carbamates (subject to hydrolysis) is 1. The van der Waals surface area contributed by atoms with Crippen molar-refractivity contribution in [3.63, 3.8) is 0 Å². The molecule has 0 unspecified atom stereocenters. The SMILES string of the molecule is CCCCCCOc1ccc2cc(-c3noc([C@@H]4CCCN4/C(=N\C(=O)OC(C)(C)C)NC(=O)OC(C)(C)C)n3)ccc2c1. The lowest BCUT2D eigenvalue weighted by Crippen LogP contribution is -2.46. The number of amides is 2. The van der Waals surface area contributed by atoms with Gasteiger partial charge in [0.15, 0.2) is 0 Å². The van der Waals surface area contributed by atoms with E-state index in [4.69, 9.17) is 23.7 Å². The van der Waals surface area contributed by atoms with Crippen molar-refractivity contribution in [3.05, 3.63) is 42.3 Å². The van der Waals surface area contributed by atoms with E-state index in [0.717, 1.165) is 34.9 Å². The molecular formula is C33H45N5O6. The molecule has 1 fully saturated rings. The first kappa shape index (κ1) is 32.8. The maximum Gasteiger partial charge on any atom is 0.437 e. The number of nitrogens with zero attached hydrogens (tertiary/aromatic N) is 4. The predicted molar refractivity (Wildman–Crippen MR) is 169 cm³/mol. The van der Waals surface area contributed by atoms with Gasteiger partial charge in [0.05, 0.1) is 6.61 Å². The highest BCUT2D eigenvalue weighted by Gasteiger charge is 2.35. The third-order valence-corrected chi connectivity index (χ3v) is 6.79. The van der Waals surface area contributed by atoms with Gasteiger partial charge in [0.1, 0.15) is 23.0 Å². The molecule has 1 saturated heterocycles. The van der Waals surface area contributed by atoms with Crippen molar-refractivity contribution in [3.8, 4) is 17.1 Å². The lowest BCUT2D eigenvalue weighted by atomic mass is 10.1. The average molecular weight is 608 g/mol.